The summed E-state index contributed by atoms with van der Waals surface area (Å²) in [6.45, 7) is 4.04. The maximum Gasteiger partial charge on any atom is 0.310 e. The minimum atomic E-state index is -0.734. The van der Waals surface area contributed by atoms with Crippen molar-refractivity contribution in [1.29, 1.82) is 0 Å². The van der Waals surface area contributed by atoms with Crippen LogP contribution in [0.3, 0.4) is 0 Å². The first-order chi connectivity index (χ1) is 8.16. The highest BCUT2D eigenvalue weighted by Crippen LogP contribution is 2.38. The Hall–Kier alpha value is -1.51. The van der Waals surface area contributed by atoms with Crippen molar-refractivity contribution in [3.05, 3.63) is 28.8 Å². The molecule has 2 aliphatic heterocycles. The Bertz CT molecular complexity index is 481. The van der Waals surface area contributed by atoms with Gasteiger partial charge < -0.3 is 10.0 Å². The molecule has 2 aliphatic rings. The normalized spacial score (nSPS) is 19.0. The summed E-state index contributed by atoms with van der Waals surface area (Å²) >= 11 is 0. The zero-order valence-corrected chi connectivity index (χ0v) is 10.1. The van der Waals surface area contributed by atoms with Crippen LogP contribution in [0, 0.1) is 0 Å². The molecule has 0 aliphatic carbocycles. The minimum Gasteiger partial charge on any atom is -0.481 e. The van der Waals surface area contributed by atoms with Crippen molar-refractivity contribution in [3.8, 4) is 0 Å². The lowest BCUT2D eigenvalue weighted by Gasteiger charge is -2.27. The Labute approximate surface area is 101 Å². The quantitative estimate of drug-likeness (QED) is 0.848. The van der Waals surface area contributed by atoms with E-state index in [2.05, 4.69) is 17.0 Å². The van der Waals surface area contributed by atoms with Crippen LogP contribution < -0.4 is 4.90 Å². The smallest absolute Gasteiger partial charge is 0.310 e. The number of aliphatic carboxylic acids is 1. The standard InChI is InChI=1S/C14H17NO2/c1-9(14(16)17)12-7-10-3-2-5-15-6-4-11(8-12)13(10)15/h7-9H,2-6H2,1H3,(H,16,17). The first-order valence-electron chi connectivity index (χ1n) is 6.30. The van der Waals surface area contributed by atoms with Crippen LogP contribution in [0.2, 0.25) is 0 Å². The molecule has 1 aromatic rings. The molecule has 90 valence electrons. The molecule has 3 heteroatoms. The fourth-order valence-electron chi connectivity index (χ4n) is 3.02. The average Bonchev–Trinajstić information content (AvgIpc) is 2.73. The van der Waals surface area contributed by atoms with Gasteiger partial charge in [-0.2, -0.15) is 0 Å². The Morgan fingerprint density at radius 2 is 2.00 bits per heavy atom. The maximum atomic E-state index is 11.1. The molecule has 0 spiro atoms. The topological polar surface area (TPSA) is 40.5 Å². The van der Waals surface area contributed by atoms with Crippen molar-refractivity contribution in [2.24, 2.45) is 0 Å². The molecule has 0 radical (unpaired) electrons. The van der Waals surface area contributed by atoms with Crippen molar-refractivity contribution in [2.45, 2.75) is 32.1 Å². The molecule has 1 unspecified atom stereocenters. The van der Waals surface area contributed by atoms with E-state index < -0.39 is 11.9 Å². The molecule has 1 atom stereocenters. The van der Waals surface area contributed by atoms with Gasteiger partial charge in [-0.3, -0.25) is 4.79 Å². The highest BCUT2D eigenvalue weighted by atomic mass is 16.4. The van der Waals surface area contributed by atoms with Gasteiger partial charge in [0.15, 0.2) is 0 Å². The zero-order chi connectivity index (χ0) is 12.0. The van der Waals surface area contributed by atoms with E-state index in [4.69, 9.17) is 5.11 Å². The van der Waals surface area contributed by atoms with Gasteiger partial charge in [0.05, 0.1) is 5.92 Å². The summed E-state index contributed by atoms with van der Waals surface area (Å²) in [7, 11) is 0. The van der Waals surface area contributed by atoms with Crippen molar-refractivity contribution in [2.75, 3.05) is 18.0 Å². The predicted octanol–water partition coefficient (Wildman–Crippen LogP) is 2.18. The van der Waals surface area contributed by atoms with Gasteiger partial charge in [0.1, 0.15) is 0 Å². The van der Waals surface area contributed by atoms with E-state index in [-0.39, 0.29) is 0 Å². The molecule has 0 fully saturated rings. The molecule has 0 saturated heterocycles. The lowest BCUT2D eigenvalue weighted by atomic mass is 9.92. The van der Waals surface area contributed by atoms with Gasteiger partial charge in [-0.05, 0) is 42.9 Å². The molecule has 1 N–H and O–H groups in total. The number of anilines is 1. The molecule has 17 heavy (non-hydrogen) atoms. The lowest BCUT2D eigenvalue weighted by molar-refractivity contribution is -0.138. The van der Waals surface area contributed by atoms with E-state index in [0.29, 0.717) is 0 Å². The summed E-state index contributed by atoms with van der Waals surface area (Å²) in [4.78, 5) is 13.5. The van der Waals surface area contributed by atoms with E-state index in [0.717, 1.165) is 31.5 Å². The highest BCUT2D eigenvalue weighted by molar-refractivity contribution is 5.77. The van der Waals surface area contributed by atoms with E-state index in [9.17, 15) is 4.79 Å². The van der Waals surface area contributed by atoms with Gasteiger partial charge in [0, 0.05) is 18.8 Å². The number of carbonyl (C=O) groups is 1. The fourth-order valence-corrected chi connectivity index (χ4v) is 3.02. The number of benzene rings is 1. The van der Waals surface area contributed by atoms with E-state index in [1.54, 1.807) is 6.92 Å². The summed E-state index contributed by atoms with van der Waals surface area (Å²) in [6, 6.07) is 4.21. The maximum absolute atomic E-state index is 11.1. The van der Waals surface area contributed by atoms with Crippen LogP contribution in [0.25, 0.3) is 0 Å². The molecule has 0 amide bonds. The molecular weight excluding hydrogens is 214 g/mol. The molecular formula is C14H17NO2. The molecule has 0 saturated carbocycles. The Kier molecular flexibility index (Phi) is 2.35. The van der Waals surface area contributed by atoms with Gasteiger partial charge >= 0.3 is 5.97 Å². The summed E-state index contributed by atoms with van der Waals surface area (Å²) in [5.41, 5.74) is 5.08. The second kappa shape index (κ2) is 3.76. The molecule has 0 bridgehead atoms. The van der Waals surface area contributed by atoms with Crippen molar-refractivity contribution < 1.29 is 9.90 Å². The second-order valence-corrected chi connectivity index (χ2v) is 5.09. The first kappa shape index (κ1) is 10.6. The van der Waals surface area contributed by atoms with Crippen molar-refractivity contribution >= 4 is 11.7 Å². The van der Waals surface area contributed by atoms with Crippen LogP contribution in [-0.4, -0.2) is 24.2 Å². The number of aryl methyl sites for hydroxylation is 1. The minimum absolute atomic E-state index is 0.396. The number of carboxylic acid groups (broad SMARTS) is 1. The fraction of sp³-hybridized carbons (Fsp3) is 0.500. The summed E-state index contributed by atoms with van der Waals surface area (Å²) in [5, 5.41) is 9.10. The number of hydrogen-bond acceptors (Lipinski definition) is 2. The third-order valence-corrected chi connectivity index (χ3v) is 4.00. The number of rotatable bonds is 2. The molecule has 2 heterocycles. The Balaban J connectivity index is 2.08. The van der Waals surface area contributed by atoms with Crippen LogP contribution >= 0.6 is 0 Å². The average molecular weight is 231 g/mol. The largest absolute Gasteiger partial charge is 0.481 e. The second-order valence-electron chi connectivity index (χ2n) is 5.09. The predicted molar refractivity (Wildman–Crippen MR) is 66.7 cm³/mol. The number of hydrogen-bond donors (Lipinski definition) is 1. The van der Waals surface area contributed by atoms with E-state index in [1.165, 1.54) is 23.2 Å². The molecule has 3 rings (SSSR count). The van der Waals surface area contributed by atoms with Crippen LogP contribution in [0.15, 0.2) is 12.1 Å². The monoisotopic (exact) mass is 231 g/mol. The third-order valence-electron chi connectivity index (χ3n) is 4.00. The molecule has 1 aromatic carbocycles. The van der Waals surface area contributed by atoms with Gasteiger partial charge in [-0.1, -0.05) is 12.1 Å². The SMILES string of the molecule is CC(C(=O)O)c1cc2c3c(c1)CCN3CCC2. The van der Waals surface area contributed by atoms with E-state index in [1.807, 2.05) is 0 Å². The molecule has 0 aromatic heterocycles. The van der Waals surface area contributed by atoms with Gasteiger partial charge in [-0.15, -0.1) is 0 Å². The van der Waals surface area contributed by atoms with Crippen molar-refractivity contribution in [1.82, 2.24) is 0 Å². The third kappa shape index (κ3) is 1.61. The van der Waals surface area contributed by atoms with Crippen LogP contribution in [0.1, 0.15) is 36.0 Å². The van der Waals surface area contributed by atoms with E-state index >= 15 is 0 Å². The Morgan fingerprint density at radius 3 is 2.71 bits per heavy atom. The first-order valence-corrected chi connectivity index (χ1v) is 6.30. The van der Waals surface area contributed by atoms with Crippen molar-refractivity contribution in [3.63, 3.8) is 0 Å². The summed E-state index contributed by atoms with van der Waals surface area (Å²) < 4.78 is 0. The summed E-state index contributed by atoms with van der Waals surface area (Å²) in [5.74, 6) is -1.13. The van der Waals surface area contributed by atoms with Gasteiger partial charge in [0.2, 0.25) is 0 Å². The van der Waals surface area contributed by atoms with Gasteiger partial charge in [-0.25, -0.2) is 0 Å². The molecule has 3 nitrogen and oxygen atoms in total. The number of carboxylic acids is 1. The van der Waals surface area contributed by atoms with Crippen LogP contribution in [-0.2, 0) is 17.6 Å². The van der Waals surface area contributed by atoms with Gasteiger partial charge in [0.25, 0.3) is 0 Å². The zero-order valence-electron chi connectivity index (χ0n) is 10.1. The highest BCUT2D eigenvalue weighted by Gasteiger charge is 2.27. The van der Waals surface area contributed by atoms with Crippen LogP contribution in [0.5, 0.6) is 0 Å². The lowest BCUT2D eigenvalue weighted by Crippen LogP contribution is -2.26. The summed E-state index contributed by atoms with van der Waals surface area (Å²) in [6.07, 6.45) is 3.36. The number of nitrogens with zero attached hydrogens (tertiary/aromatic N) is 1. The van der Waals surface area contributed by atoms with Crippen LogP contribution in [0.4, 0.5) is 5.69 Å². The Morgan fingerprint density at radius 1 is 1.29 bits per heavy atom.